The highest BCUT2D eigenvalue weighted by atomic mass is 16.4. The Hall–Kier alpha value is -1.84. The van der Waals surface area contributed by atoms with Crippen LogP contribution in [0.3, 0.4) is 0 Å². The fourth-order valence-corrected chi connectivity index (χ4v) is 2.47. The van der Waals surface area contributed by atoms with E-state index in [9.17, 15) is 14.7 Å². The Balaban J connectivity index is 3.16. The molecule has 0 radical (unpaired) electrons. The highest BCUT2D eigenvalue weighted by Crippen LogP contribution is 2.28. The molecule has 0 fully saturated rings. The Labute approximate surface area is 126 Å². The van der Waals surface area contributed by atoms with Gasteiger partial charge < -0.3 is 10.0 Å². The molecule has 1 rings (SSSR count). The van der Waals surface area contributed by atoms with Crippen molar-refractivity contribution in [3.8, 4) is 0 Å². The molecule has 0 aliphatic rings. The monoisotopic (exact) mass is 291 g/mol. The van der Waals surface area contributed by atoms with Crippen molar-refractivity contribution < 1.29 is 14.7 Å². The number of aliphatic carboxylic acids is 1. The molecule has 21 heavy (non-hydrogen) atoms. The van der Waals surface area contributed by atoms with Crippen LogP contribution >= 0.6 is 0 Å². The number of carbonyl (C=O) groups excluding carboxylic acids is 1. The van der Waals surface area contributed by atoms with Crippen LogP contribution in [-0.4, -0.2) is 28.9 Å². The summed E-state index contributed by atoms with van der Waals surface area (Å²) in [5.41, 5.74) is 0.478. The molecule has 1 amide bonds. The average molecular weight is 291 g/mol. The quantitative estimate of drug-likeness (QED) is 0.749. The van der Waals surface area contributed by atoms with E-state index in [1.54, 1.807) is 6.92 Å². The lowest BCUT2D eigenvalue weighted by molar-refractivity contribution is -0.154. The van der Waals surface area contributed by atoms with Gasteiger partial charge >= 0.3 is 5.97 Å². The van der Waals surface area contributed by atoms with Crippen molar-refractivity contribution in [3.05, 3.63) is 35.4 Å². The molecule has 1 N–H and O–H groups in total. The number of hydrogen-bond donors (Lipinski definition) is 1. The van der Waals surface area contributed by atoms with Gasteiger partial charge in [0, 0.05) is 6.54 Å². The highest BCUT2D eigenvalue weighted by molar-refractivity contribution is 5.82. The van der Waals surface area contributed by atoms with E-state index in [1.807, 2.05) is 31.2 Å². The molecule has 1 unspecified atom stereocenters. The van der Waals surface area contributed by atoms with Crippen molar-refractivity contribution in [3.63, 3.8) is 0 Å². The fourth-order valence-electron chi connectivity index (χ4n) is 2.47. The van der Waals surface area contributed by atoms with Gasteiger partial charge in [0.1, 0.15) is 0 Å². The first-order valence-corrected chi connectivity index (χ1v) is 7.41. The molecule has 0 aliphatic heterocycles. The Morgan fingerprint density at radius 1 is 1.33 bits per heavy atom. The van der Waals surface area contributed by atoms with Gasteiger partial charge in [-0.1, -0.05) is 45.0 Å². The zero-order chi connectivity index (χ0) is 16.0. The van der Waals surface area contributed by atoms with Gasteiger partial charge in [-0.3, -0.25) is 4.79 Å². The fraction of sp³-hybridized carbons (Fsp3) is 0.529. The maximum Gasteiger partial charge on any atom is 0.334 e. The smallest absolute Gasteiger partial charge is 0.334 e. The van der Waals surface area contributed by atoms with Gasteiger partial charge in [-0.25, -0.2) is 4.79 Å². The third-order valence-corrected chi connectivity index (χ3v) is 3.74. The normalized spacial score (nSPS) is 13.8. The van der Waals surface area contributed by atoms with Crippen molar-refractivity contribution in [1.29, 1.82) is 0 Å². The lowest BCUT2D eigenvalue weighted by Crippen LogP contribution is -2.49. The van der Waals surface area contributed by atoms with E-state index in [2.05, 4.69) is 13.8 Å². The van der Waals surface area contributed by atoms with E-state index < -0.39 is 11.5 Å². The summed E-state index contributed by atoms with van der Waals surface area (Å²) < 4.78 is 0. The first-order chi connectivity index (χ1) is 9.86. The Bertz CT molecular complexity index is 481. The van der Waals surface area contributed by atoms with E-state index in [0.717, 1.165) is 6.42 Å². The van der Waals surface area contributed by atoms with Crippen molar-refractivity contribution in [2.45, 2.75) is 46.1 Å². The molecule has 1 atom stereocenters. The molecular formula is C17H25NO3. The summed E-state index contributed by atoms with van der Waals surface area (Å²) in [5, 5.41) is 9.63. The minimum atomic E-state index is -1.33. The van der Waals surface area contributed by atoms with Crippen LogP contribution in [0.25, 0.3) is 0 Å². The second-order valence-electron chi connectivity index (χ2n) is 5.97. The highest BCUT2D eigenvalue weighted by Gasteiger charge is 2.40. The second kappa shape index (κ2) is 7.25. The summed E-state index contributed by atoms with van der Waals surface area (Å²) in [6.45, 7) is 8.21. The molecule has 1 aromatic carbocycles. The average Bonchev–Trinajstić information content (AvgIpc) is 2.43. The van der Waals surface area contributed by atoms with Gasteiger partial charge in [-0.05, 0) is 36.8 Å². The van der Waals surface area contributed by atoms with Crippen LogP contribution in [-0.2, 0) is 21.5 Å². The van der Waals surface area contributed by atoms with E-state index in [0.29, 0.717) is 30.9 Å². The molecule has 116 valence electrons. The molecular weight excluding hydrogens is 266 g/mol. The van der Waals surface area contributed by atoms with Crippen LogP contribution in [0, 0.1) is 5.92 Å². The van der Waals surface area contributed by atoms with E-state index in [4.69, 9.17) is 0 Å². The number of rotatable bonds is 8. The number of nitrogens with zero attached hydrogens (tertiary/aromatic N) is 1. The van der Waals surface area contributed by atoms with Crippen LogP contribution in [0.2, 0.25) is 0 Å². The predicted molar refractivity (Wildman–Crippen MR) is 83.0 cm³/mol. The maximum atomic E-state index is 11.8. The maximum absolute atomic E-state index is 11.8. The molecule has 0 saturated carbocycles. The molecule has 1 aromatic rings. The summed E-state index contributed by atoms with van der Waals surface area (Å²) in [4.78, 5) is 24.4. The summed E-state index contributed by atoms with van der Waals surface area (Å²) in [5.74, 6) is -0.465. The van der Waals surface area contributed by atoms with Gasteiger partial charge in [0.2, 0.25) is 6.41 Å². The molecule has 0 aliphatic carbocycles. The third kappa shape index (κ3) is 3.84. The number of amides is 1. The van der Waals surface area contributed by atoms with Crippen LogP contribution < -0.4 is 0 Å². The van der Waals surface area contributed by atoms with E-state index in [1.165, 1.54) is 10.5 Å². The number of hydrogen-bond acceptors (Lipinski definition) is 2. The first kappa shape index (κ1) is 17.2. The van der Waals surface area contributed by atoms with Crippen LogP contribution in [0.1, 0.15) is 45.2 Å². The summed E-state index contributed by atoms with van der Waals surface area (Å²) in [6, 6.07) is 7.53. The largest absolute Gasteiger partial charge is 0.479 e. The van der Waals surface area contributed by atoms with Crippen LogP contribution in [0.5, 0.6) is 0 Å². The number of benzene rings is 1. The van der Waals surface area contributed by atoms with Crippen molar-refractivity contribution in [2.24, 2.45) is 5.92 Å². The van der Waals surface area contributed by atoms with Gasteiger partial charge in [0.15, 0.2) is 5.54 Å². The topological polar surface area (TPSA) is 57.6 Å². The van der Waals surface area contributed by atoms with Crippen molar-refractivity contribution in [1.82, 2.24) is 4.90 Å². The van der Waals surface area contributed by atoms with Crippen molar-refractivity contribution in [2.75, 3.05) is 6.54 Å². The molecule has 0 heterocycles. The SMILES string of the molecule is CCCN(C=O)C(C)(C(=O)O)c1ccc(CC(C)C)cc1. The summed E-state index contributed by atoms with van der Waals surface area (Å²) >= 11 is 0. The minimum Gasteiger partial charge on any atom is -0.479 e. The zero-order valence-electron chi connectivity index (χ0n) is 13.3. The standard InChI is InChI=1S/C17H25NO3/c1-5-10-18(12-19)17(4,16(20)21)15-8-6-14(7-9-15)11-13(2)3/h6-9,12-13H,5,10-11H2,1-4H3,(H,20,21). The molecule has 0 spiro atoms. The molecule has 0 aromatic heterocycles. The number of carboxylic acids is 1. The molecule has 0 saturated heterocycles. The van der Waals surface area contributed by atoms with Crippen LogP contribution in [0.4, 0.5) is 0 Å². The van der Waals surface area contributed by atoms with E-state index in [-0.39, 0.29) is 0 Å². The molecule has 4 nitrogen and oxygen atoms in total. The Morgan fingerprint density at radius 2 is 1.90 bits per heavy atom. The second-order valence-corrected chi connectivity index (χ2v) is 5.97. The van der Waals surface area contributed by atoms with Crippen molar-refractivity contribution >= 4 is 12.4 Å². The molecule has 0 bridgehead atoms. The zero-order valence-corrected chi connectivity index (χ0v) is 13.3. The van der Waals surface area contributed by atoms with Gasteiger partial charge in [-0.15, -0.1) is 0 Å². The Morgan fingerprint density at radius 3 is 2.29 bits per heavy atom. The van der Waals surface area contributed by atoms with Gasteiger partial charge in [0.05, 0.1) is 0 Å². The first-order valence-electron chi connectivity index (χ1n) is 7.41. The summed E-state index contributed by atoms with van der Waals surface area (Å²) in [6.07, 6.45) is 2.29. The number of carbonyl (C=O) groups is 2. The van der Waals surface area contributed by atoms with Crippen LogP contribution in [0.15, 0.2) is 24.3 Å². The lowest BCUT2D eigenvalue weighted by Gasteiger charge is -2.35. The molecule has 4 heteroatoms. The predicted octanol–water partition coefficient (Wildman–Crippen LogP) is 3.05. The number of carboxylic acid groups (broad SMARTS) is 1. The van der Waals surface area contributed by atoms with Gasteiger partial charge in [-0.2, -0.15) is 0 Å². The Kier molecular flexibility index (Phi) is 5.94. The third-order valence-electron chi connectivity index (χ3n) is 3.74. The summed E-state index contributed by atoms with van der Waals surface area (Å²) in [7, 11) is 0. The van der Waals surface area contributed by atoms with E-state index >= 15 is 0 Å². The minimum absolute atomic E-state index is 0.417. The van der Waals surface area contributed by atoms with Gasteiger partial charge in [0.25, 0.3) is 0 Å². The lowest BCUT2D eigenvalue weighted by atomic mass is 9.88.